The third-order valence-electron chi connectivity index (χ3n) is 3.54. The van der Waals surface area contributed by atoms with Crippen molar-refractivity contribution in [3.05, 3.63) is 66.0 Å². The molecule has 6 heteroatoms. The Bertz CT molecular complexity index is 1020. The summed E-state index contributed by atoms with van der Waals surface area (Å²) in [6.07, 6.45) is 3.23. The summed E-state index contributed by atoms with van der Waals surface area (Å²) in [5, 5.41) is 4.15. The van der Waals surface area contributed by atoms with E-state index < -0.39 is 11.6 Å². The van der Waals surface area contributed by atoms with Crippen LogP contribution in [0.4, 0.5) is 8.78 Å². The van der Waals surface area contributed by atoms with Gasteiger partial charge in [0.2, 0.25) is 5.89 Å². The molecule has 0 aliphatic heterocycles. The maximum absolute atomic E-state index is 13.3. The lowest BCUT2D eigenvalue weighted by molar-refractivity contribution is 0.507. The highest BCUT2D eigenvalue weighted by molar-refractivity contribution is 5.76. The number of oxazole rings is 1. The van der Waals surface area contributed by atoms with Crippen molar-refractivity contribution >= 4 is 11.1 Å². The van der Waals surface area contributed by atoms with E-state index in [1.165, 1.54) is 10.7 Å². The van der Waals surface area contributed by atoms with E-state index in [1.54, 1.807) is 12.4 Å². The van der Waals surface area contributed by atoms with Crippen molar-refractivity contribution in [2.75, 3.05) is 0 Å². The second-order valence-electron chi connectivity index (χ2n) is 5.26. The Balaban J connectivity index is 1.75. The van der Waals surface area contributed by atoms with Gasteiger partial charge in [0.1, 0.15) is 5.52 Å². The van der Waals surface area contributed by atoms with E-state index in [9.17, 15) is 8.78 Å². The van der Waals surface area contributed by atoms with Gasteiger partial charge in [-0.2, -0.15) is 5.10 Å². The SMILES string of the molecule is Cc1ccc2nc(-c3cnn(-c4ccc(F)c(F)c4)c3)oc2c1. The molecular weight excluding hydrogens is 300 g/mol. The summed E-state index contributed by atoms with van der Waals surface area (Å²) in [5.41, 5.74) is 3.61. The van der Waals surface area contributed by atoms with E-state index in [1.807, 2.05) is 25.1 Å². The van der Waals surface area contributed by atoms with E-state index in [0.717, 1.165) is 23.2 Å². The van der Waals surface area contributed by atoms with Crippen LogP contribution in [-0.2, 0) is 0 Å². The standard InChI is InChI=1S/C17H11F2N3O/c1-10-2-5-15-16(6-10)23-17(21-15)11-8-20-22(9-11)12-3-4-13(18)14(19)7-12/h2-9H,1H3. The summed E-state index contributed by atoms with van der Waals surface area (Å²) in [4.78, 5) is 4.41. The Hall–Kier alpha value is -3.02. The van der Waals surface area contributed by atoms with Gasteiger partial charge in [-0.25, -0.2) is 18.4 Å². The van der Waals surface area contributed by atoms with E-state index in [4.69, 9.17) is 4.42 Å². The second kappa shape index (κ2) is 5.01. The van der Waals surface area contributed by atoms with Gasteiger partial charge >= 0.3 is 0 Å². The number of benzene rings is 2. The van der Waals surface area contributed by atoms with Gasteiger partial charge in [-0.1, -0.05) is 6.07 Å². The van der Waals surface area contributed by atoms with E-state index in [2.05, 4.69) is 10.1 Å². The first-order valence-electron chi connectivity index (χ1n) is 6.98. The highest BCUT2D eigenvalue weighted by Crippen LogP contribution is 2.25. The molecule has 0 atom stereocenters. The molecule has 114 valence electrons. The molecule has 0 spiro atoms. The minimum absolute atomic E-state index is 0.419. The molecule has 0 fully saturated rings. The zero-order valence-electron chi connectivity index (χ0n) is 12.1. The van der Waals surface area contributed by atoms with Crippen LogP contribution in [-0.4, -0.2) is 14.8 Å². The first-order chi connectivity index (χ1) is 11.1. The molecule has 0 aliphatic carbocycles. The normalized spacial score (nSPS) is 11.3. The Kier molecular flexibility index (Phi) is 2.97. The number of fused-ring (bicyclic) bond motifs is 1. The van der Waals surface area contributed by atoms with Crippen molar-refractivity contribution in [3.63, 3.8) is 0 Å². The summed E-state index contributed by atoms with van der Waals surface area (Å²) in [5.74, 6) is -1.38. The van der Waals surface area contributed by atoms with E-state index >= 15 is 0 Å². The molecule has 0 bridgehead atoms. The minimum atomic E-state index is -0.920. The summed E-state index contributed by atoms with van der Waals surface area (Å²) in [6, 6.07) is 9.35. The van der Waals surface area contributed by atoms with Crippen molar-refractivity contribution in [1.29, 1.82) is 0 Å². The van der Waals surface area contributed by atoms with Crippen molar-refractivity contribution in [1.82, 2.24) is 14.8 Å². The summed E-state index contributed by atoms with van der Waals surface area (Å²) >= 11 is 0. The molecule has 2 aromatic heterocycles. The lowest BCUT2D eigenvalue weighted by Crippen LogP contribution is -1.96. The number of hydrogen-bond acceptors (Lipinski definition) is 3. The van der Waals surface area contributed by atoms with Gasteiger partial charge in [0, 0.05) is 12.3 Å². The van der Waals surface area contributed by atoms with Crippen LogP contribution in [0.1, 0.15) is 5.56 Å². The van der Waals surface area contributed by atoms with Crippen molar-refractivity contribution in [2.45, 2.75) is 6.92 Å². The zero-order valence-corrected chi connectivity index (χ0v) is 12.1. The van der Waals surface area contributed by atoms with Gasteiger partial charge in [-0.05, 0) is 36.8 Å². The molecule has 4 aromatic rings. The molecule has 4 nitrogen and oxygen atoms in total. The molecule has 4 rings (SSSR count). The lowest BCUT2D eigenvalue weighted by atomic mass is 10.2. The van der Waals surface area contributed by atoms with Crippen LogP contribution in [0.25, 0.3) is 28.2 Å². The largest absolute Gasteiger partial charge is 0.436 e. The molecule has 0 aliphatic rings. The number of hydrogen-bond donors (Lipinski definition) is 0. The average Bonchev–Trinajstić information content (AvgIpc) is 3.15. The third-order valence-corrected chi connectivity index (χ3v) is 3.54. The lowest BCUT2D eigenvalue weighted by Gasteiger charge is -2.01. The van der Waals surface area contributed by atoms with E-state index in [-0.39, 0.29) is 0 Å². The Morgan fingerprint density at radius 1 is 1.04 bits per heavy atom. The van der Waals surface area contributed by atoms with Gasteiger partial charge in [0.05, 0.1) is 17.4 Å². The third kappa shape index (κ3) is 2.38. The Morgan fingerprint density at radius 2 is 1.91 bits per heavy atom. The van der Waals surface area contributed by atoms with Crippen LogP contribution < -0.4 is 0 Å². The predicted octanol–water partition coefficient (Wildman–Crippen LogP) is 4.27. The van der Waals surface area contributed by atoms with Crippen LogP contribution in [0, 0.1) is 18.6 Å². The maximum Gasteiger partial charge on any atom is 0.230 e. The quantitative estimate of drug-likeness (QED) is 0.555. The van der Waals surface area contributed by atoms with Gasteiger partial charge in [0.25, 0.3) is 0 Å². The van der Waals surface area contributed by atoms with Crippen molar-refractivity contribution in [2.24, 2.45) is 0 Å². The molecule has 0 saturated carbocycles. The second-order valence-corrected chi connectivity index (χ2v) is 5.26. The number of aryl methyl sites for hydroxylation is 1. The van der Waals surface area contributed by atoms with Gasteiger partial charge in [-0.15, -0.1) is 0 Å². The van der Waals surface area contributed by atoms with Crippen LogP contribution in [0.5, 0.6) is 0 Å². The highest BCUT2D eigenvalue weighted by atomic mass is 19.2. The maximum atomic E-state index is 13.3. The molecule has 0 radical (unpaired) electrons. The fourth-order valence-corrected chi connectivity index (χ4v) is 2.36. The fourth-order valence-electron chi connectivity index (χ4n) is 2.36. The Labute approximate surface area is 130 Å². The van der Waals surface area contributed by atoms with Gasteiger partial charge in [-0.3, -0.25) is 0 Å². The monoisotopic (exact) mass is 311 g/mol. The summed E-state index contributed by atoms with van der Waals surface area (Å²) in [7, 11) is 0. The summed E-state index contributed by atoms with van der Waals surface area (Å²) < 4.78 is 33.5. The van der Waals surface area contributed by atoms with Crippen molar-refractivity contribution in [3.8, 4) is 17.1 Å². The van der Waals surface area contributed by atoms with E-state index in [0.29, 0.717) is 22.7 Å². The van der Waals surface area contributed by atoms with Crippen LogP contribution in [0.3, 0.4) is 0 Å². The smallest absolute Gasteiger partial charge is 0.230 e. The highest BCUT2D eigenvalue weighted by Gasteiger charge is 2.12. The number of aromatic nitrogens is 3. The first kappa shape index (κ1) is 13.6. The number of nitrogens with zero attached hydrogens (tertiary/aromatic N) is 3. The van der Waals surface area contributed by atoms with Crippen LogP contribution >= 0.6 is 0 Å². The number of rotatable bonds is 2. The zero-order chi connectivity index (χ0) is 16.0. The summed E-state index contributed by atoms with van der Waals surface area (Å²) in [6.45, 7) is 1.97. The molecule has 0 saturated heterocycles. The van der Waals surface area contributed by atoms with Gasteiger partial charge in [0.15, 0.2) is 17.2 Å². The fraction of sp³-hybridized carbons (Fsp3) is 0.0588. The molecule has 0 amide bonds. The molecule has 2 aromatic carbocycles. The Morgan fingerprint density at radius 3 is 2.74 bits per heavy atom. The predicted molar refractivity (Wildman–Crippen MR) is 81.2 cm³/mol. The topological polar surface area (TPSA) is 43.9 Å². The molecule has 2 heterocycles. The average molecular weight is 311 g/mol. The van der Waals surface area contributed by atoms with Crippen LogP contribution in [0.15, 0.2) is 53.2 Å². The molecule has 0 unspecified atom stereocenters. The first-order valence-corrected chi connectivity index (χ1v) is 6.98. The number of halogens is 2. The molecule has 0 N–H and O–H groups in total. The molecule has 23 heavy (non-hydrogen) atoms. The molecular formula is C17H11F2N3O. The minimum Gasteiger partial charge on any atom is -0.436 e. The van der Waals surface area contributed by atoms with Gasteiger partial charge < -0.3 is 4.42 Å². The van der Waals surface area contributed by atoms with Crippen molar-refractivity contribution < 1.29 is 13.2 Å². The van der Waals surface area contributed by atoms with Crippen LogP contribution in [0.2, 0.25) is 0 Å².